The van der Waals surface area contributed by atoms with Gasteiger partial charge in [0.25, 0.3) is 5.91 Å². The molecule has 25 heavy (non-hydrogen) atoms. The van der Waals surface area contributed by atoms with Gasteiger partial charge in [0.1, 0.15) is 11.2 Å². The second kappa shape index (κ2) is 7.27. The van der Waals surface area contributed by atoms with Crippen LogP contribution in [0.2, 0.25) is 5.15 Å². The van der Waals surface area contributed by atoms with Gasteiger partial charge in [0, 0.05) is 24.2 Å². The van der Waals surface area contributed by atoms with Crippen molar-refractivity contribution in [3.8, 4) is 0 Å². The van der Waals surface area contributed by atoms with E-state index in [0.717, 1.165) is 5.39 Å². The first-order valence-electron chi connectivity index (χ1n) is 7.52. The van der Waals surface area contributed by atoms with Gasteiger partial charge in [-0.25, -0.2) is 9.78 Å². The Morgan fingerprint density at radius 3 is 2.64 bits per heavy atom. The van der Waals surface area contributed by atoms with Crippen molar-refractivity contribution >= 4 is 34.4 Å². The monoisotopic (exact) mass is 355 g/mol. The molecule has 2 N–H and O–H groups in total. The van der Waals surface area contributed by atoms with Gasteiger partial charge >= 0.3 is 5.97 Å². The molecule has 6 nitrogen and oxygen atoms in total. The topological polar surface area (TPSA) is 92.2 Å². The second-order valence-electron chi connectivity index (χ2n) is 5.44. The van der Waals surface area contributed by atoms with Crippen molar-refractivity contribution in [3.63, 3.8) is 0 Å². The lowest BCUT2D eigenvalue weighted by Gasteiger charge is -2.15. The number of carbonyl (C=O) groups excluding carboxylic acids is 1. The van der Waals surface area contributed by atoms with Crippen molar-refractivity contribution in [2.24, 2.45) is 0 Å². The van der Waals surface area contributed by atoms with Crippen LogP contribution in [0.25, 0.3) is 10.9 Å². The van der Waals surface area contributed by atoms with Gasteiger partial charge in [-0.2, -0.15) is 0 Å². The summed E-state index contributed by atoms with van der Waals surface area (Å²) in [5, 5.41) is 13.1. The molecule has 1 aromatic carbocycles. The summed E-state index contributed by atoms with van der Waals surface area (Å²) >= 11 is 5.73. The van der Waals surface area contributed by atoms with E-state index in [0.29, 0.717) is 21.8 Å². The molecule has 1 atom stereocenters. The smallest absolute Gasteiger partial charge is 0.326 e. The van der Waals surface area contributed by atoms with Crippen molar-refractivity contribution in [1.29, 1.82) is 0 Å². The standard InChI is InChI=1S/C18H14ClN3O3/c19-15-7-6-11(10-21-15)9-14(18(24)25)22-17(23)13-5-1-3-12-4-2-8-20-16(12)13/h1-8,10,14H,9H2,(H,22,23)(H,24,25)/t14-/m0/s1. The van der Waals surface area contributed by atoms with Crippen LogP contribution in [0.3, 0.4) is 0 Å². The van der Waals surface area contributed by atoms with Crippen molar-refractivity contribution < 1.29 is 14.7 Å². The molecule has 0 saturated heterocycles. The number of carboxylic acids is 1. The number of amides is 1. The number of nitrogens with zero attached hydrogens (tertiary/aromatic N) is 2. The van der Waals surface area contributed by atoms with Crippen molar-refractivity contribution in [1.82, 2.24) is 15.3 Å². The zero-order valence-electron chi connectivity index (χ0n) is 13.0. The fourth-order valence-electron chi connectivity index (χ4n) is 2.49. The van der Waals surface area contributed by atoms with E-state index in [9.17, 15) is 14.7 Å². The van der Waals surface area contributed by atoms with Crippen LogP contribution >= 0.6 is 11.6 Å². The maximum atomic E-state index is 12.6. The third-order valence-electron chi connectivity index (χ3n) is 3.71. The first-order valence-corrected chi connectivity index (χ1v) is 7.90. The highest BCUT2D eigenvalue weighted by molar-refractivity contribution is 6.29. The molecular weight excluding hydrogens is 342 g/mol. The van der Waals surface area contributed by atoms with E-state index < -0.39 is 17.9 Å². The first kappa shape index (κ1) is 16.9. The summed E-state index contributed by atoms with van der Waals surface area (Å²) in [6.07, 6.45) is 3.18. The Morgan fingerprint density at radius 1 is 1.12 bits per heavy atom. The summed E-state index contributed by atoms with van der Waals surface area (Å²) in [5.74, 6) is -1.62. The minimum absolute atomic E-state index is 0.101. The highest BCUT2D eigenvalue weighted by Gasteiger charge is 2.22. The molecule has 0 aliphatic rings. The molecule has 126 valence electrons. The van der Waals surface area contributed by atoms with Gasteiger partial charge in [0.15, 0.2) is 0 Å². The molecule has 0 radical (unpaired) electrons. The predicted octanol–water partition coefficient (Wildman–Crippen LogP) is 2.71. The number of fused-ring (bicyclic) bond motifs is 1. The zero-order chi connectivity index (χ0) is 17.8. The van der Waals surface area contributed by atoms with E-state index in [1.54, 1.807) is 36.5 Å². The van der Waals surface area contributed by atoms with Gasteiger partial charge in [-0.1, -0.05) is 35.9 Å². The van der Waals surface area contributed by atoms with E-state index in [1.165, 1.54) is 6.20 Å². The summed E-state index contributed by atoms with van der Waals surface area (Å²) in [6.45, 7) is 0. The lowest BCUT2D eigenvalue weighted by Crippen LogP contribution is -2.42. The van der Waals surface area contributed by atoms with E-state index in [2.05, 4.69) is 15.3 Å². The molecule has 7 heteroatoms. The minimum atomic E-state index is -1.13. The maximum absolute atomic E-state index is 12.6. The Morgan fingerprint density at radius 2 is 1.92 bits per heavy atom. The molecule has 0 saturated carbocycles. The van der Waals surface area contributed by atoms with Crippen LogP contribution in [0.4, 0.5) is 0 Å². The fourth-order valence-corrected chi connectivity index (χ4v) is 2.60. The van der Waals surface area contributed by atoms with Crippen LogP contribution < -0.4 is 5.32 Å². The molecule has 0 bridgehead atoms. The highest BCUT2D eigenvalue weighted by atomic mass is 35.5. The SMILES string of the molecule is O=C(N[C@@H](Cc1ccc(Cl)nc1)C(=O)O)c1cccc2cccnc12. The molecule has 2 heterocycles. The molecule has 3 rings (SSSR count). The third kappa shape index (κ3) is 3.92. The van der Waals surface area contributed by atoms with Crippen LogP contribution in [0, 0.1) is 0 Å². The minimum Gasteiger partial charge on any atom is -0.480 e. The van der Waals surface area contributed by atoms with Gasteiger partial charge in [-0.3, -0.25) is 9.78 Å². The summed E-state index contributed by atoms with van der Waals surface area (Å²) < 4.78 is 0. The number of aromatic nitrogens is 2. The summed E-state index contributed by atoms with van der Waals surface area (Å²) in [4.78, 5) is 32.2. The maximum Gasteiger partial charge on any atom is 0.326 e. The van der Waals surface area contributed by atoms with Crippen molar-refractivity contribution in [2.75, 3.05) is 0 Å². The number of para-hydroxylation sites is 1. The molecule has 0 fully saturated rings. The Hall–Kier alpha value is -2.99. The van der Waals surface area contributed by atoms with Gasteiger partial charge in [-0.15, -0.1) is 0 Å². The van der Waals surface area contributed by atoms with Crippen molar-refractivity contribution in [3.05, 3.63) is 71.1 Å². The number of rotatable bonds is 5. The molecule has 1 amide bonds. The number of benzene rings is 1. The number of hydrogen-bond donors (Lipinski definition) is 2. The summed E-state index contributed by atoms with van der Waals surface area (Å²) in [5.41, 5.74) is 1.52. The lowest BCUT2D eigenvalue weighted by molar-refractivity contribution is -0.139. The highest BCUT2D eigenvalue weighted by Crippen LogP contribution is 2.16. The van der Waals surface area contributed by atoms with E-state index in [4.69, 9.17) is 11.6 Å². The van der Waals surface area contributed by atoms with Gasteiger partial charge in [-0.05, 0) is 23.8 Å². The van der Waals surface area contributed by atoms with Gasteiger partial charge < -0.3 is 10.4 Å². The largest absolute Gasteiger partial charge is 0.480 e. The van der Waals surface area contributed by atoms with E-state index in [-0.39, 0.29) is 6.42 Å². The third-order valence-corrected chi connectivity index (χ3v) is 3.93. The number of carbonyl (C=O) groups is 2. The number of aliphatic carboxylic acids is 1. The fraction of sp³-hybridized carbons (Fsp3) is 0.111. The second-order valence-corrected chi connectivity index (χ2v) is 5.83. The molecule has 2 aromatic heterocycles. The molecule has 0 spiro atoms. The number of hydrogen-bond acceptors (Lipinski definition) is 4. The van der Waals surface area contributed by atoms with Gasteiger partial charge in [0.05, 0.1) is 11.1 Å². The molecule has 0 aliphatic heterocycles. The lowest BCUT2D eigenvalue weighted by atomic mass is 10.1. The Kier molecular flexibility index (Phi) is 4.90. The number of halogens is 1. The Labute approximate surface area is 148 Å². The summed E-state index contributed by atoms with van der Waals surface area (Å²) in [6, 6.07) is 11.0. The van der Waals surface area contributed by atoms with Crippen LogP contribution in [0.5, 0.6) is 0 Å². The number of carboxylic acid groups (broad SMARTS) is 1. The zero-order valence-corrected chi connectivity index (χ0v) is 13.8. The number of pyridine rings is 2. The average molecular weight is 356 g/mol. The Balaban J connectivity index is 1.83. The summed E-state index contributed by atoms with van der Waals surface area (Å²) in [7, 11) is 0. The van der Waals surface area contributed by atoms with Crippen LogP contribution in [0.1, 0.15) is 15.9 Å². The van der Waals surface area contributed by atoms with E-state index >= 15 is 0 Å². The van der Waals surface area contributed by atoms with Crippen LogP contribution in [0.15, 0.2) is 54.9 Å². The normalized spacial score (nSPS) is 11.9. The van der Waals surface area contributed by atoms with Crippen molar-refractivity contribution in [2.45, 2.75) is 12.5 Å². The predicted molar refractivity (Wildman–Crippen MR) is 93.6 cm³/mol. The quantitative estimate of drug-likeness (QED) is 0.686. The average Bonchev–Trinajstić information content (AvgIpc) is 2.62. The molecule has 0 aliphatic carbocycles. The molecule has 3 aromatic rings. The van der Waals surface area contributed by atoms with Gasteiger partial charge in [0.2, 0.25) is 0 Å². The van der Waals surface area contributed by atoms with E-state index in [1.807, 2.05) is 12.1 Å². The van der Waals surface area contributed by atoms with Crippen LogP contribution in [-0.2, 0) is 11.2 Å². The first-order chi connectivity index (χ1) is 12.0. The van der Waals surface area contributed by atoms with Crippen LogP contribution in [-0.4, -0.2) is 33.0 Å². The Bertz CT molecular complexity index is 923. The number of nitrogens with one attached hydrogen (secondary N) is 1. The molecule has 0 unspecified atom stereocenters. The molecular formula is C18H14ClN3O3.